The lowest BCUT2D eigenvalue weighted by molar-refractivity contribution is 0.678. The summed E-state index contributed by atoms with van der Waals surface area (Å²) in [7, 11) is -0.746. The Morgan fingerprint density at radius 1 is 1.60 bits per heavy atom. The van der Waals surface area contributed by atoms with Crippen molar-refractivity contribution in [3.8, 4) is 0 Å². The second-order valence-corrected chi connectivity index (χ2v) is 4.99. The van der Waals surface area contributed by atoms with Crippen LogP contribution in [0.25, 0.3) is 0 Å². The quantitative estimate of drug-likeness (QED) is 0.772. The second kappa shape index (κ2) is 5.65. The van der Waals surface area contributed by atoms with E-state index in [9.17, 15) is 4.21 Å². The molecule has 0 amide bonds. The molecule has 1 aromatic heterocycles. The van der Waals surface area contributed by atoms with E-state index in [0.717, 1.165) is 6.42 Å². The summed E-state index contributed by atoms with van der Waals surface area (Å²) in [5, 5.41) is 3.17. The zero-order valence-electron chi connectivity index (χ0n) is 8.93. The minimum absolute atomic E-state index is 0.225. The lowest BCUT2D eigenvalue weighted by Crippen LogP contribution is -2.18. The Bertz CT molecular complexity index is 345. The van der Waals surface area contributed by atoms with Crippen molar-refractivity contribution < 1.29 is 4.21 Å². The normalized spacial score (nSPS) is 14.5. The molecule has 0 aliphatic carbocycles. The molecule has 6 heteroatoms. The largest absolute Gasteiger partial charge is 0.384 e. The van der Waals surface area contributed by atoms with E-state index in [1.54, 1.807) is 12.3 Å². The molecule has 0 radical (unpaired) electrons. The number of nitrogens with one attached hydrogen (secondary N) is 1. The molecule has 0 saturated heterocycles. The van der Waals surface area contributed by atoms with Crippen LogP contribution in [0.5, 0.6) is 0 Å². The molecule has 0 fully saturated rings. The van der Waals surface area contributed by atoms with Gasteiger partial charge in [0.05, 0.1) is 0 Å². The van der Waals surface area contributed by atoms with Crippen molar-refractivity contribution in [2.24, 2.45) is 0 Å². The monoisotopic (exact) mass is 228 g/mol. The molecule has 5 nitrogen and oxygen atoms in total. The topological polar surface area (TPSA) is 80.9 Å². The van der Waals surface area contributed by atoms with Gasteiger partial charge in [0.25, 0.3) is 0 Å². The molecule has 3 N–H and O–H groups in total. The summed E-state index contributed by atoms with van der Waals surface area (Å²) in [6.07, 6.45) is 3.96. The van der Waals surface area contributed by atoms with Crippen LogP contribution in [0.4, 0.5) is 11.6 Å². The van der Waals surface area contributed by atoms with Crippen molar-refractivity contribution in [2.45, 2.75) is 19.4 Å². The summed E-state index contributed by atoms with van der Waals surface area (Å²) in [4.78, 5) is 7.83. The van der Waals surface area contributed by atoms with Crippen LogP contribution in [0.15, 0.2) is 12.4 Å². The molecular weight excluding hydrogens is 212 g/mol. The van der Waals surface area contributed by atoms with Gasteiger partial charge in [-0.15, -0.1) is 0 Å². The lowest BCUT2D eigenvalue weighted by atomic mass is 10.2. The number of nitrogens with two attached hydrogens (primary N) is 1. The van der Waals surface area contributed by atoms with Crippen LogP contribution >= 0.6 is 0 Å². The zero-order valence-corrected chi connectivity index (χ0v) is 9.75. The summed E-state index contributed by atoms with van der Waals surface area (Å²) in [6, 6.07) is 1.91. The first-order chi connectivity index (χ1) is 7.08. The number of nitrogens with zero attached hydrogens (tertiary/aromatic N) is 2. The Morgan fingerprint density at radius 2 is 2.33 bits per heavy atom. The van der Waals surface area contributed by atoms with Crippen LogP contribution in [-0.4, -0.2) is 32.2 Å². The summed E-state index contributed by atoms with van der Waals surface area (Å²) in [5.41, 5.74) is 5.52. The Labute approximate surface area is 92.0 Å². The highest BCUT2D eigenvalue weighted by molar-refractivity contribution is 7.84. The average Bonchev–Trinajstić information content (AvgIpc) is 2.15. The lowest BCUT2D eigenvalue weighted by Gasteiger charge is -2.13. The van der Waals surface area contributed by atoms with Crippen molar-refractivity contribution in [1.82, 2.24) is 9.97 Å². The molecule has 0 spiro atoms. The maximum atomic E-state index is 10.9. The van der Waals surface area contributed by atoms with Gasteiger partial charge in [0.1, 0.15) is 18.0 Å². The van der Waals surface area contributed by atoms with E-state index >= 15 is 0 Å². The number of aromatic nitrogens is 2. The molecule has 0 aromatic carbocycles. The summed E-state index contributed by atoms with van der Waals surface area (Å²) >= 11 is 0. The fraction of sp³-hybridized carbons (Fsp3) is 0.556. The predicted molar refractivity (Wildman–Crippen MR) is 63.1 cm³/mol. The standard InChI is InChI=1S/C9H16N4OS/c1-7(3-4-15(2)14)13-9-5-8(10)11-6-12-9/h5-7H,3-4H2,1-2H3,(H3,10,11,12,13). The van der Waals surface area contributed by atoms with Gasteiger partial charge in [-0.3, -0.25) is 4.21 Å². The first-order valence-corrected chi connectivity index (χ1v) is 6.44. The highest BCUT2D eigenvalue weighted by atomic mass is 32.2. The third kappa shape index (κ3) is 4.73. The summed E-state index contributed by atoms with van der Waals surface area (Å²) < 4.78 is 10.9. The van der Waals surface area contributed by atoms with Gasteiger partial charge >= 0.3 is 0 Å². The molecular formula is C9H16N4OS. The van der Waals surface area contributed by atoms with Crippen LogP contribution in [0, 0.1) is 0 Å². The van der Waals surface area contributed by atoms with Gasteiger partial charge < -0.3 is 11.1 Å². The van der Waals surface area contributed by atoms with E-state index in [4.69, 9.17) is 5.73 Å². The van der Waals surface area contributed by atoms with Crippen LogP contribution in [-0.2, 0) is 10.8 Å². The smallest absolute Gasteiger partial charge is 0.131 e. The Morgan fingerprint density at radius 3 is 2.93 bits per heavy atom. The van der Waals surface area contributed by atoms with Gasteiger partial charge in [-0.1, -0.05) is 0 Å². The first-order valence-electron chi connectivity index (χ1n) is 4.72. The van der Waals surface area contributed by atoms with E-state index in [2.05, 4.69) is 15.3 Å². The second-order valence-electron chi connectivity index (χ2n) is 3.44. The van der Waals surface area contributed by atoms with E-state index in [-0.39, 0.29) is 6.04 Å². The van der Waals surface area contributed by atoms with Crippen LogP contribution in [0.3, 0.4) is 0 Å². The van der Waals surface area contributed by atoms with Gasteiger partial charge in [-0.2, -0.15) is 0 Å². The minimum Gasteiger partial charge on any atom is -0.384 e. The number of nitrogen functional groups attached to an aromatic ring is 1. The van der Waals surface area contributed by atoms with Crippen molar-refractivity contribution in [2.75, 3.05) is 23.1 Å². The summed E-state index contributed by atoms with van der Waals surface area (Å²) in [6.45, 7) is 2.02. The van der Waals surface area contributed by atoms with Crippen LogP contribution in [0.2, 0.25) is 0 Å². The van der Waals surface area contributed by atoms with Gasteiger partial charge in [0.15, 0.2) is 0 Å². The highest BCUT2D eigenvalue weighted by Gasteiger charge is 2.04. The minimum atomic E-state index is -0.746. The molecule has 2 atom stereocenters. The molecule has 0 saturated carbocycles. The Hall–Kier alpha value is -1.17. The maximum Gasteiger partial charge on any atom is 0.131 e. The molecule has 15 heavy (non-hydrogen) atoms. The molecule has 0 aliphatic rings. The third-order valence-corrected chi connectivity index (χ3v) is 2.73. The average molecular weight is 228 g/mol. The number of rotatable bonds is 5. The van der Waals surface area contributed by atoms with E-state index in [1.807, 2.05) is 6.92 Å². The van der Waals surface area contributed by atoms with Crippen LogP contribution < -0.4 is 11.1 Å². The maximum absolute atomic E-state index is 10.9. The Kier molecular flexibility index (Phi) is 4.48. The van der Waals surface area contributed by atoms with E-state index < -0.39 is 10.8 Å². The molecule has 84 valence electrons. The zero-order chi connectivity index (χ0) is 11.3. The van der Waals surface area contributed by atoms with E-state index in [1.165, 1.54) is 6.33 Å². The SMILES string of the molecule is CC(CCS(C)=O)Nc1cc(N)ncn1. The third-order valence-electron chi connectivity index (χ3n) is 1.92. The van der Waals surface area contributed by atoms with Gasteiger partial charge in [-0.25, -0.2) is 9.97 Å². The van der Waals surface area contributed by atoms with E-state index in [0.29, 0.717) is 17.4 Å². The summed E-state index contributed by atoms with van der Waals surface area (Å²) in [5.74, 6) is 1.84. The molecule has 1 rings (SSSR count). The van der Waals surface area contributed by atoms with Crippen molar-refractivity contribution >= 4 is 22.4 Å². The van der Waals surface area contributed by atoms with Crippen molar-refractivity contribution in [3.05, 3.63) is 12.4 Å². The number of hydrogen-bond donors (Lipinski definition) is 2. The first kappa shape index (κ1) is 11.9. The Balaban J connectivity index is 2.44. The van der Waals surface area contributed by atoms with Crippen molar-refractivity contribution in [1.29, 1.82) is 0 Å². The van der Waals surface area contributed by atoms with Gasteiger partial charge in [-0.05, 0) is 13.3 Å². The van der Waals surface area contributed by atoms with Crippen LogP contribution in [0.1, 0.15) is 13.3 Å². The number of hydrogen-bond acceptors (Lipinski definition) is 5. The van der Waals surface area contributed by atoms with Crippen molar-refractivity contribution in [3.63, 3.8) is 0 Å². The molecule has 1 heterocycles. The highest BCUT2D eigenvalue weighted by Crippen LogP contribution is 2.08. The number of anilines is 2. The molecule has 1 aromatic rings. The fourth-order valence-corrected chi connectivity index (χ4v) is 1.80. The molecule has 0 aliphatic heterocycles. The van der Waals surface area contributed by atoms with Gasteiger partial charge in [0.2, 0.25) is 0 Å². The fourth-order valence-electron chi connectivity index (χ4n) is 1.12. The predicted octanol–water partition coefficient (Wildman–Crippen LogP) is 0.628. The van der Waals surface area contributed by atoms with Gasteiger partial charge in [0, 0.05) is 34.9 Å². The molecule has 2 unspecified atom stereocenters. The molecule has 0 bridgehead atoms.